The van der Waals surface area contributed by atoms with Crippen LogP contribution < -0.4 is 10.6 Å². The van der Waals surface area contributed by atoms with Crippen LogP contribution in [-0.2, 0) is 4.79 Å². The maximum absolute atomic E-state index is 12.4. The summed E-state index contributed by atoms with van der Waals surface area (Å²) in [5.41, 5.74) is 0.0418. The average molecular weight is 348 g/mol. The van der Waals surface area contributed by atoms with E-state index in [-0.39, 0.29) is 17.5 Å². The fraction of sp³-hybridized carbons (Fsp3) is 0.900. The quantitative estimate of drug-likeness (QED) is 0.776. The second kappa shape index (κ2) is 6.48. The van der Waals surface area contributed by atoms with E-state index < -0.39 is 0 Å². The first-order valence-corrected chi connectivity index (χ1v) is 10.3. The van der Waals surface area contributed by atoms with Crippen molar-refractivity contribution in [2.45, 2.75) is 76.3 Å². The largest absolute Gasteiger partial charge is 0.343 e. The second-order valence-corrected chi connectivity index (χ2v) is 9.41. The Labute approximate surface area is 151 Å². The minimum Gasteiger partial charge on any atom is -0.343 e. The summed E-state index contributed by atoms with van der Waals surface area (Å²) in [5.74, 6) is 3.29. The molecule has 5 aliphatic carbocycles. The van der Waals surface area contributed by atoms with E-state index in [0.29, 0.717) is 24.9 Å². The van der Waals surface area contributed by atoms with Crippen molar-refractivity contribution in [3.05, 3.63) is 0 Å². The molecule has 3 amide bonds. The molecule has 140 valence electrons. The third-order valence-electron chi connectivity index (χ3n) is 7.35. The van der Waals surface area contributed by atoms with Gasteiger partial charge in [-0.3, -0.25) is 4.79 Å². The van der Waals surface area contributed by atoms with Crippen LogP contribution in [0.5, 0.6) is 0 Å². The van der Waals surface area contributed by atoms with E-state index >= 15 is 0 Å². The molecule has 5 saturated carbocycles. The molecule has 1 unspecified atom stereocenters. The van der Waals surface area contributed by atoms with Crippen molar-refractivity contribution >= 4 is 11.9 Å². The zero-order chi connectivity index (χ0) is 17.6. The maximum Gasteiger partial charge on any atom is 0.315 e. The number of rotatable bonds is 6. The van der Waals surface area contributed by atoms with E-state index in [1.165, 1.54) is 32.1 Å². The predicted octanol–water partition coefficient (Wildman–Crippen LogP) is 2.90. The van der Waals surface area contributed by atoms with Crippen molar-refractivity contribution in [1.82, 2.24) is 15.5 Å². The van der Waals surface area contributed by atoms with Crippen LogP contribution in [-0.4, -0.2) is 42.0 Å². The lowest BCUT2D eigenvalue weighted by Gasteiger charge is -2.56. The molecule has 5 nitrogen and oxygen atoms in total. The first-order chi connectivity index (χ1) is 11.9. The summed E-state index contributed by atoms with van der Waals surface area (Å²) < 4.78 is 0. The minimum atomic E-state index is -0.0763. The molecule has 0 heterocycles. The van der Waals surface area contributed by atoms with Gasteiger partial charge in [0.25, 0.3) is 0 Å². The summed E-state index contributed by atoms with van der Waals surface area (Å²) in [6.07, 6.45) is 10.5. The first kappa shape index (κ1) is 17.2. The van der Waals surface area contributed by atoms with Crippen LogP contribution in [0.15, 0.2) is 0 Å². The van der Waals surface area contributed by atoms with Crippen LogP contribution in [0.25, 0.3) is 0 Å². The molecular weight excluding hydrogens is 314 g/mol. The van der Waals surface area contributed by atoms with Crippen LogP contribution in [0.4, 0.5) is 4.79 Å². The Morgan fingerprint density at radius 3 is 2.16 bits per heavy atom. The second-order valence-electron chi connectivity index (χ2n) is 9.41. The van der Waals surface area contributed by atoms with Crippen LogP contribution in [0.3, 0.4) is 0 Å². The molecule has 1 atom stereocenters. The zero-order valence-corrected chi connectivity index (χ0v) is 15.7. The highest BCUT2D eigenvalue weighted by Gasteiger charge is 2.51. The molecule has 0 saturated heterocycles. The molecule has 2 N–H and O–H groups in total. The van der Waals surface area contributed by atoms with Crippen molar-refractivity contribution in [3.8, 4) is 0 Å². The lowest BCUT2D eigenvalue weighted by Crippen LogP contribution is -2.61. The van der Waals surface area contributed by atoms with Gasteiger partial charge in [-0.05, 0) is 82.0 Å². The number of carbonyl (C=O) groups excluding carboxylic acids is 2. The Morgan fingerprint density at radius 2 is 1.64 bits per heavy atom. The number of carbonyl (C=O) groups is 2. The van der Waals surface area contributed by atoms with Crippen molar-refractivity contribution in [2.75, 3.05) is 13.6 Å². The number of hydrogen-bond acceptors (Lipinski definition) is 2. The van der Waals surface area contributed by atoms with Gasteiger partial charge in [0.1, 0.15) is 0 Å². The lowest BCUT2D eigenvalue weighted by molar-refractivity contribution is -0.131. The summed E-state index contributed by atoms with van der Waals surface area (Å²) in [6.45, 7) is 2.56. The van der Waals surface area contributed by atoms with E-state index in [1.807, 2.05) is 11.9 Å². The Bertz CT molecular complexity index is 508. The highest BCUT2D eigenvalue weighted by molar-refractivity contribution is 5.78. The predicted molar refractivity (Wildman–Crippen MR) is 97.0 cm³/mol. The van der Waals surface area contributed by atoms with Crippen molar-refractivity contribution in [1.29, 1.82) is 0 Å². The minimum absolute atomic E-state index is 0.0418. The van der Waals surface area contributed by atoms with E-state index in [2.05, 4.69) is 17.6 Å². The molecule has 25 heavy (non-hydrogen) atoms. The number of amides is 3. The summed E-state index contributed by atoms with van der Waals surface area (Å²) in [4.78, 5) is 26.5. The molecule has 0 aromatic carbocycles. The summed E-state index contributed by atoms with van der Waals surface area (Å²) in [6, 6.07) is 0.251. The first-order valence-electron chi connectivity index (χ1n) is 10.3. The average Bonchev–Trinajstić information content (AvgIpc) is 3.36. The normalized spacial score (nSPS) is 36.8. The van der Waals surface area contributed by atoms with Crippen LogP contribution in [0.1, 0.15) is 64.7 Å². The van der Waals surface area contributed by atoms with Gasteiger partial charge in [0.05, 0.1) is 0 Å². The van der Waals surface area contributed by atoms with E-state index in [9.17, 15) is 9.59 Å². The molecule has 0 aliphatic heterocycles. The number of urea groups is 1. The van der Waals surface area contributed by atoms with Crippen molar-refractivity contribution in [2.24, 2.45) is 23.7 Å². The Balaban J connectivity index is 1.21. The molecular formula is C20H33N3O2. The summed E-state index contributed by atoms with van der Waals surface area (Å²) in [5, 5.41) is 6.23. The van der Waals surface area contributed by atoms with Crippen LogP contribution in [0.2, 0.25) is 0 Å². The van der Waals surface area contributed by atoms with Gasteiger partial charge in [-0.25, -0.2) is 4.79 Å². The van der Waals surface area contributed by atoms with Crippen LogP contribution >= 0.6 is 0 Å². The lowest BCUT2D eigenvalue weighted by atomic mass is 9.53. The van der Waals surface area contributed by atoms with Gasteiger partial charge in [-0.1, -0.05) is 0 Å². The van der Waals surface area contributed by atoms with Gasteiger partial charge in [-0.2, -0.15) is 0 Å². The molecule has 0 radical (unpaired) electrons. The van der Waals surface area contributed by atoms with Gasteiger partial charge < -0.3 is 15.5 Å². The third-order valence-corrected chi connectivity index (χ3v) is 7.35. The molecule has 0 spiro atoms. The fourth-order valence-electron chi connectivity index (χ4n) is 6.13. The van der Waals surface area contributed by atoms with Gasteiger partial charge in [0, 0.05) is 31.6 Å². The molecule has 4 bridgehead atoms. The fourth-order valence-corrected chi connectivity index (χ4v) is 6.13. The Hall–Kier alpha value is -1.26. The molecule has 5 aliphatic rings. The van der Waals surface area contributed by atoms with Crippen molar-refractivity contribution < 1.29 is 9.59 Å². The van der Waals surface area contributed by atoms with Crippen molar-refractivity contribution in [3.63, 3.8) is 0 Å². The smallest absolute Gasteiger partial charge is 0.315 e. The van der Waals surface area contributed by atoms with Crippen LogP contribution in [0, 0.1) is 23.7 Å². The molecule has 0 aromatic heterocycles. The number of nitrogens with one attached hydrogen (secondary N) is 2. The van der Waals surface area contributed by atoms with Gasteiger partial charge in [0.15, 0.2) is 0 Å². The highest BCUT2D eigenvalue weighted by Crippen LogP contribution is 2.55. The van der Waals surface area contributed by atoms with Gasteiger partial charge in [-0.15, -0.1) is 0 Å². The van der Waals surface area contributed by atoms with Gasteiger partial charge in [0.2, 0.25) is 5.91 Å². The Morgan fingerprint density at radius 1 is 1.08 bits per heavy atom. The maximum atomic E-state index is 12.4. The van der Waals surface area contributed by atoms with Gasteiger partial charge >= 0.3 is 6.03 Å². The number of hydrogen-bond donors (Lipinski definition) is 2. The standard InChI is InChI=1S/C20H33N3O2/c1-13(17-3-4-17)23(2)18(24)5-6-21-19(25)22-20-10-14-7-15(11-20)9-16(8-14)12-20/h13-17H,3-12H2,1-2H3,(H2,21,22,25). The zero-order valence-electron chi connectivity index (χ0n) is 15.7. The van der Waals surface area contributed by atoms with E-state index in [1.54, 1.807) is 0 Å². The SMILES string of the molecule is CC(C1CC1)N(C)C(=O)CCNC(=O)NC12CC3CC(CC(C3)C1)C2. The molecule has 5 fully saturated rings. The Kier molecular flexibility index (Phi) is 4.45. The topological polar surface area (TPSA) is 61.4 Å². The molecule has 5 heteroatoms. The monoisotopic (exact) mass is 347 g/mol. The third kappa shape index (κ3) is 3.65. The summed E-state index contributed by atoms with van der Waals surface area (Å²) in [7, 11) is 1.89. The molecule has 5 rings (SSSR count). The summed E-state index contributed by atoms with van der Waals surface area (Å²) >= 11 is 0. The van der Waals surface area contributed by atoms with E-state index in [4.69, 9.17) is 0 Å². The highest BCUT2D eigenvalue weighted by atomic mass is 16.2. The number of nitrogens with zero attached hydrogens (tertiary/aromatic N) is 1. The molecule has 0 aromatic rings. The van der Waals surface area contributed by atoms with E-state index in [0.717, 1.165) is 37.0 Å².